The van der Waals surface area contributed by atoms with Gasteiger partial charge in [-0.3, -0.25) is 4.79 Å². The molecule has 0 heterocycles. The molecule has 2 rings (SSSR count). The van der Waals surface area contributed by atoms with E-state index in [-0.39, 0.29) is 5.91 Å². The molecule has 2 aromatic rings. The Labute approximate surface area is 95.1 Å². The number of hydrogen-bond donors (Lipinski definition) is 1. The second-order valence-electron chi connectivity index (χ2n) is 4.01. The molecule has 2 N–H and O–H groups in total. The SMILES string of the molecule is CCc1c(C)ccc2ccc(C(N)=O)cc12. The van der Waals surface area contributed by atoms with Crippen molar-refractivity contribution in [1.82, 2.24) is 0 Å². The molecule has 0 aliphatic heterocycles. The molecule has 0 aromatic heterocycles. The second-order valence-corrected chi connectivity index (χ2v) is 4.01. The molecule has 0 radical (unpaired) electrons. The van der Waals surface area contributed by atoms with Gasteiger partial charge >= 0.3 is 0 Å². The number of carbonyl (C=O) groups excluding carboxylic acids is 1. The molecule has 0 aliphatic carbocycles. The van der Waals surface area contributed by atoms with Crippen molar-refractivity contribution in [2.24, 2.45) is 5.73 Å². The summed E-state index contributed by atoms with van der Waals surface area (Å²) < 4.78 is 0. The number of hydrogen-bond acceptors (Lipinski definition) is 1. The van der Waals surface area contributed by atoms with E-state index in [9.17, 15) is 4.79 Å². The fourth-order valence-corrected chi connectivity index (χ4v) is 2.11. The number of amides is 1. The zero-order valence-corrected chi connectivity index (χ0v) is 9.58. The van der Waals surface area contributed by atoms with E-state index in [0.29, 0.717) is 5.56 Å². The average molecular weight is 213 g/mol. The van der Waals surface area contributed by atoms with Gasteiger partial charge in [0.1, 0.15) is 0 Å². The van der Waals surface area contributed by atoms with Crippen LogP contribution in [0.25, 0.3) is 10.8 Å². The average Bonchev–Trinajstić information content (AvgIpc) is 2.28. The fraction of sp³-hybridized carbons (Fsp3) is 0.214. The molecule has 2 nitrogen and oxygen atoms in total. The smallest absolute Gasteiger partial charge is 0.248 e. The molecule has 0 atom stereocenters. The van der Waals surface area contributed by atoms with Crippen LogP contribution in [0.15, 0.2) is 30.3 Å². The van der Waals surface area contributed by atoms with Crippen molar-refractivity contribution in [3.05, 3.63) is 47.0 Å². The first-order chi connectivity index (χ1) is 7.63. The second kappa shape index (κ2) is 3.97. The van der Waals surface area contributed by atoms with Crippen molar-refractivity contribution in [3.8, 4) is 0 Å². The minimum absolute atomic E-state index is 0.370. The lowest BCUT2D eigenvalue weighted by molar-refractivity contribution is 0.100. The number of fused-ring (bicyclic) bond motifs is 1. The number of primary amides is 1. The maximum absolute atomic E-state index is 11.2. The van der Waals surface area contributed by atoms with Crippen LogP contribution in [-0.2, 0) is 6.42 Å². The third-order valence-electron chi connectivity index (χ3n) is 3.01. The van der Waals surface area contributed by atoms with Gasteiger partial charge in [0.05, 0.1) is 0 Å². The standard InChI is InChI=1S/C14H15NO/c1-3-12-9(2)4-5-10-6-7-11(14(15)16)8-13(10)12/h4-8H,3H2,1-2H3,(H2,15,16). The quantitative estimate of drug-likeness (QED) is 0.819. The van der Waals surface area contributed by atoms with Crippen LogP contribution in [0.4, 0.5) is 0 Å². The van der Waals surface area contributed by atoms with E-state index >= 15 is 0 Å². The lowest BCUT2D eigenvalue weighted by Crippen LogP contribution is -2.10. The zero-order valence-electron chi connectivity index (χ0n) is 9.58. The lowest BCUT2D eigenvalue weighted by Gasteiger charge is -2.09. The molecule has 0 saturated heterocycles. The Kier molecular flexibility index (Phi) is 2.65. The Morgan fingerprint density at radius 1 is 1.25 bits per heavy atom. The van der Waals surface area contributed by atoms with Crippen LogP contribution in [0.3, 0.4) is 0 Å². The van der Waals surface area contributed by atoms with Crippen molar-refractivity contribution in [2.75, 3.05) is 0 Å². The number of rotatable bonds is 2. The predicted molar refractivity (Wildman–Crippen MR) is 66.6 cm³/mol. The van der Waals surface area contributed by atoms with E-state index in [0.717, 1.165) is 17.2 Å². The van der Waals surface area contributed by atoms with Gasteiger partial charge in [0, 0.05) is 5.56 Å². The first-order valence-electron chi connectivity index (χ1n) is 5.45. The molecule has 0 bridgehead atoms. The van der Waals surface area contributed by atoms with Crippen molar-refractivity contribution >= 4 is 16.7 Å². The molecule has 1 amide bonds. The third kappa shape index (κ3) is 1.67. The molecule has 0 saturated carbocycles. The Balaban J connectivity index is 2.78. The van der Waals surface area contributed by atoms with E-state index in [1.807, 2.05) is 12.1 Å². The van der Waals surface area contributed by atoms with E-state index in [1.165, 1.54) is 11.1 Å². The van der Waals surface area contributed by atoms with Crippen molar-refractivity contribution < 1.29 is 4.79 Å². The largest absolute Gasteiger partial charge is 0.366 e. The minimum Gasteiger partial charge on any atom is -0.366 e. The molecule has 16 heavy (non-hydrogen) atoms. The van der Waals surface area contributed by atoms with Gasteiger partial charge in [0.25, 0.3) is 0 Å². The highest BCUT2D eigenvalue weighted by molar-refractivity contribution is 5.98. The van der Waals surface area contributed by atoms with Crippen LogP contribution in [0.5, 0.6) is 0 Å². The fourth-order valence-electron chi connectivity index (χ4n) is 2.11. The van der Waals surface area contributed by atoms with Gasteiger partial charge in [0.15, 0.2) is 0 Å². The van der Waals surface area contributed by atoms with Gasteiger partial charge in [-0.15, -0.1) is 0 Å². The molecule has 0 aliphatic rings. The summed E-state index contributed by atoms with van der Waals surface area (Å²) in [5.41, 5.74) is 8.43. The molecule has 0 unspecified atom stereocenters. The molecule has 0 fully saturated rings. The van der Waals surface area contributed by atoms with Gasteiger partial charge in [-0.05, 0) is 47.4 Å². The van der Waals surface area contributed by atoms with Gasteiger partial charge in [0.2, 0.25) is 5.91 Å². The molecule has 82 valence electrons. The maximum atomic E-state index is 11.2. The summed E-state index contributed by atoms with van der Waals surface area (Å²) >= 11 is 0. The molecule has 2 heteroatoms. The first-order valence-corrected chi connectivity index (χ1v) is 5.45. The van der Waals surface area contributed by atoms with Crippen LogP contribution < -0.4 is 5.73 Å². The summed E-state index contributed by atoms with van der Waals surface area (Å²) in [6.07, 6.45) is 0.964. The van der Waals surface area contributed by atoms with Crippen molar-refractivity contribution in [3.63, 3.8) is 0 Å². The summed E-state index contributed by atoms with van der Waals surface area (Å²) in [5.74, 6) is -0.370. The van der Waals surface area contributed by atoms with Crippen LogP contribution >= 0.6 is 0 Å². The number of nitrogens with two attached hydrogens (primary N) is 1. The number of aryl methyl sites for hydroxylation is 2. The number of benzene rings is 2. The van der Waals surface area contributed by atoms with Gasteiger partial charge in [-0.25, -0.2) is 0 Å². The Hall–Kier alpha value is -1.83. The lowest BCUT2D eigenvalue weighted by atomic mass is 9.96. The first kappa shape index (κ1) is 10.7. The summed E-state index contributed by atoms with van der Waals surface area (Å²) in [5, 5.41) is 2.30. The monoisotopic (exact) mass is 213 g/mol. The van der Waals surface area contributed by atoms with Crippen molar-refractivity contribution in [1.29, 1.82) is 0 Å². The Bertz CT molecular complexity index is 558. The van der Waals surface area contributed by atoms with Crippen LogP contribution in [0, 0.1) is 6.92 Å². The van der Waals surface area contributed by atoms with Gasteiger partial charge < -0.3 is 5.73 Å². The van der Waals surface area contributed by atoms with Gasteiger partial charge in [-0.1, -0.05) is 25.1 Å². The van der Waals surface area contributed by atoms with Crippen molar-refractivity contribution in [2.45, 2.75) is 20.3 Å². The van der Waals surface area contributed by atoms with E-state index in [4.69, 9.17) is 5.73 Å². The van der Waals surface area contributed by atoms with E-state index in [2.05, 4.69) is 26.0 Å². The minimum atomic E-state index is -0.370. The van der Waals surface area contributed by atoms with E-state index in [1.54, 1.807) is 6.07 Å². The molecular weight excluding hydrogens is 198 g/mol. The highest BCUT2D eigenvalue weighted by Crippen LogP contribution is 2.23. The van der Waals surface area contributed by atoms with Crippen LogP contribution in [0.2, 0.25) is 0 Å². The Morgan fingerprint density at radius 3 is 2.56 bits per heavy atom. The number of carbonyl (C=O) groups is 1. The van der Waals surface area contributed by atoms with Crippen LogP contribution in [0.1, 0.15) is 28.4 Å². The third-order valence-corrected chi connectivity index (χ3v) is 3.01. The van der Waals surface area contributed by atoms with E-state index < -0.39 is 0 Å². The normalized spacial score (nSPS) is 10.6. The molecule has 0 spiro atoms. The van der Waals surface area contributed by atoms with Crippen LogP contribution in [-0.4, -0.2) is 5.91 Å². The summed E-state index contributed by atoms with van der Waals surface area (Å²) in [4.78, 5) is 11.2. The highest BCUT2D eigenvalue weighted by Gasteiger charge is 2.06. The topological polar surface area (TPSA) is 43.1 Å². The maximum Gasteiger partial charge on any atom is 0.248 e. The highest BCUT2D eigenvalue weighted by atomic mass is 16.1. The Morgan fingerprint density at radius 2 is 1.94 bits per heavy atom. The summed E-state index contributed by atoms with van der Waals surface area (Å²) in [7, 11) is 0. The summed E-state index contributed by atoms with van der Waals surface area (Å²) in [6.45, 7) is 4.22. The molecule has 2 aromatic carbocycles. The van der Waals surface area contributed by atoms with Gasteiger partial charge in [-0.2, -0.15) is 0 Å². The molecular formula is C14H15NO. The zero-order chi connectivity index (χ0) is 11.7. The summed E-state index contributed by atoms with van der Waals surface area (Å²) in [6, 6.07) is 9.82. The predicted octanol–water partition coefficient (Wildman–Crippen LogP) is 2.81.